The smallest absolute Gasteiger partial charge is 0.0105 e. The fraction of sp³-hybridized carbons (Fsp3) is 0.0909. The predicted octanol–water partition coefficient (Wildman–Crippen LogP) is 5.84. The van der Waals surface area contributed by atoms with Gasteiger partial charge in [0.05, 0.1) is 0 Å². The SMILES string of the molecule is CCc1ccc(C=C(c2ccccc2)c2ccccc2)cc1. The predicted molar refractivity (Wildman–Crippen MR) is 95.7 cm³/mol. The Kier molecular flexibility index (Phi) is 4.50. The van der Waals surface area contributed by atoms with Crippen LogP contribution in [-0.2, 0) is 6.42 Å². The molecule has 0 bridgehead atoms. The van der Waals surface area contributed by atoms with Gasteiger partial charge < -0.3 is 0 Å². The fourth-order valence-corrected chi connectivity index (χ4v) is 2.58. The molecule has 0 fully saturated rings. The molecule has 0 N–H and O–H groups in total. The van der Waals surface area contributed by atoms with E-state index in [1.165, 1.54) is 27.8 Å². The topological polar surface area (TPSA) is 0 Å². The van der Waals surface area contributed by atoms with Gasteiger partial charge in [0.15, 0.2) is 0 Å². The van der Waals surface area contributed by atoms with E-state index in [0.29, 0.717) is 0 Å². The average Bonchev–Trinajstić information content (AvgIpc) is 2.62. The number of hydrogen-bond donors (Lipinski definition) is 0. The van der Waals surface area contributed by atoms with Crippen molar-refractivity contribution >= 4 is 11.6 Å². The van der Waals surface area contributed by atoms with Crippen LogP contribution in [-0.4, -0.2) is 0 Å². The first-order valence-electron chi connectivity index (χ1n) is 7.78. The molecule has 0 aliphatic rings. The Labute approximate surface area is 132 Å². The van der Waals surface area contributed by atoms with E-state index in [4.69, 9.17) is 0 Å². The van der Waals surface area contributed by atoms with Crippen molar-refractivity contribution < 1.29 is 0 Å². The zero-order valence-corrected chi connectivity index (χ0v) is 12.9. The molecule has 108 valence electrons. The first-order valence-corrected chi connectivity index (χ1v) is 7.78. The molecule has 3 rings (SSSR count). The fourth-order valence-electron chi connectivity index (χ4n) is 2.58. The van der Waals surface area contributed by atoms with Crippen molar-refractivity contribution in [2.45, 2.75) is 13.3 Å². The molecule has 0 spiro atoms. The van der Waals surface area contributed by atoms with E-state index in [1.54, 1.807) is 0 Å². The Hall–Kier alpha value is -2.60. The Morgan fingerprint density at radius 1 is 0.682 bits per heavy atom. The van der Waals surface area contributed by atoms with Crippen LogP contribution in [0.1, 0.15) is 29.2 Å². The van der Waals surface area contributed by atoms with Gasteiger partial charge in [-0.05, 0) is 40.3 Å². The third-order valence-corrected chi connectivity index (χ3v) is 3.87. The summed E-state index contributed by atoms with van der Waals surface area (Å²) in [7, 11) is 0. The second-order valence-electron chi connectivity index (χ2n) is 5.39. The third kappa shape index (κ3) is 3.35. The van der Waals surface area contributed by atoms with E-state index in [9.17, 15) is 0 Å². The molecule has 0 heteroatoms. The molecule has 0 saturated heterocycles. The van der Waals surface area contributed by atoms with E-state index in [-0.39, 0.29) is 0 Å². The van der Waals surface area contributed by atoms with Crippen LogP contribution in [0, 0.1) is 0 Å². The molecule has 0 unspecified atom stereocenters. The van der Waals surface area contributed by atoms with E-state index < -0.39 is 0 Å². The van der Waals surface area contributed by atoms with Crippen molar-refractivity contribution in [3.05, 3.63) is 107 Å². The van der Waals surface area contributed by atoms with E-state index in [0.717, 1.165) is 6.42 Å². The molecule has 22 heavy (non-hydrogen) atoms. The van der Waals surface area contributed by atoms with Crippen molar-refractivity contribution in [2.24, 2.45) is 0 Å². The Balaban J connectivity index is 2.06. The van der Waals surface area contributed by atoms with Crippen LogP contribution in [0.2, 0.25) is 0 Å². The number of benzene rings is 3. The molecule has 0 radical (unpaired) electrons. The first kappa shape index (κ1) is 14.3. The molecule has 3 aromatic carbocycles. The monoisotopic (exact) mass is 284 g/mol. The van der Waals surface area contributed by atoms with Gasteiger partial charge in [0.1, 0.15) is 0 Å². The van der Waals surface area contributed by atoms with Crippen molar-refractivity contribution in [1.82, 2.24) is 0 Å². The van der Waals surface area contributed by atoms with Crippen LogP contribution in [0.15, 0.2) is 84.9 Å². The molecule has 0 aromatic heterocycles. The molecule has 0 amide bonds. The second kappa shape index (κ2) is 6.91. The highest BCUT2D eigenvalue weighted by Gasteiger charge is 2.04. The normalized spacial score (nSPS) is 10.2. The molecular weight excluding hydrogens is 264 g/mol. The number of hydrogen-bond acceptors (Lipinski definition) is 0. The second-order valence-corrected chi connectivity index (χ2v) is 5.39. The summed E-state index contributed by atoms with van der Waals surface area (Å²) in [6.07, 6.45) is 3.35. The lowest BCUT2D eigenvalue weighted by Crippen LogP contribution is -1.88. The minimum absolute atomic E-state index is 1.08. The standard InChI is InChI=1S/C22H20/c1-2-18-13-15-19(16-14-18)17-22(20-9-5-3-6-10-20)21-11-7-4-8-12-21/h3-17H,2H2,1H3. The quantitative estimate of drug-likeness (QED) is 0.528. The molecule has 3 aromatic rings. The Bertz CT molecular complexity index is 694. The minimum atomic E-state index is 1.08. The third-order valence-electron chi connectivity index (χ3n) is 3.87. The van der Waals surface area contributed by atoms with Crippen molar-refractivity contribution in [3.8, 4) is 0 Å². The minimum Gasteiger partial charge on any atom is -0.0622 e. The summed E-state index contributed by atoms with van der Waals surface area (Å²) < 4.78 is 0. The Morgan fingerprint density at radius 2 is 1.18 bits per heavy atom. The maximum absolute atomic E-state index is 2.27. The molecular formula is C22H20. The van der Waals surface area contributed by atoms with Gasteiger partial charge in [-0.2, -0.15) is 0 Å². The number of aryl methyl sites for hydroxylation is 1. The van der Waals surface area contributed by atoms with Gasteiger partial charge in [0, 0.05) is 0 Å². The van der Waals surface area contributed by atoms with Crippen LogP contribution in [0.5, 0.6) is 0 Å². The summed E-state index contributed by atoms with van der Waals surface area (Å²) >= 11 is 0. The van der Waals surface area contributed by atoms with Crippen LogP contribution < -0.4 is 0 Å². The van der Waals surface area contributed by atoms with E-state index >= 15 is 0 Å². The zero-order valence-electron chi connectivity index (χ0n) is 12.9. The lowest BCUT2D eigenvalue weighted by molar-refractivity contribution is 1.14. The van der Waals surface area contributed by atoms with Gasteiger partial charge in [-0.3, -0.25) is 0 Å². The van der Waals surface area contributed by atoms with E-state index in [1.807, 2.05) is 0 Å². The highest BCUT2D eigenvalue weighted by Crippen LogP contribution is 2.26. The molecule has 0 nitrogen and oxygen atoms in total. The molecule has 0 aliphatic carbocycles. The lowest BCUT2D eigenvalue weighted by atomic mass is 9.95. The molecule has 0 heterocycles. The van der Waals surface area contributed by atoms with Gasteiger partial charge in [-0.15, -0.1) is 0 Å². The maximum Gasteiger partial charge on any atom is -0.0105 e. The van der Waals surface area contributed by atoms with Gasteiger partial charge in [0.25, 0.3) is 0 Å². The summed E-state index contributed by atoms with van der Waals surface area (Å²) in [4.78, 5) is 0. The highest BCUT2D eigenvalue weighted by atomic mass is 14.1. The van der Waals surface area contributed by atoms with Crippen molar-refractivity contribution in [3.63, 3.8) is 0 Å². The van der Waals surface area contributed by atoms with Crippen LogP contribution in [0.4, 0.5) is 0 Å². The summed E-state index contributed by atoms with van der Waals surface area (Å²) in [5.74, 6) is 0. The zero-order chi connectivity index (χ0) is 15.2. The van der Waals surface area contributed by atoms with E-state index in [2.05, 4.69) is 97.9 Å². The van der Waals surface area contributed by atoms with Gasteiger partial charge in [0.2, 0.25) is 0 Å². The van der Waals surface area contributed by atoms with Gasteiger partial charge in [-0.25, -0.2) is 0 Å². The van der Waals surface area contributed by atoms with Crippen LogP contribution >= 0.6 is 0 Å². The lowest BCUT2D eigenvalue weighted by Gasteiger charge is -2.09. The molecule has 0 atom stereocenters. The summed E-state index contributed by atoms with van der Waals surface area (Å²) in [5.41, 5.74) is 6.35. The number of rotatable bonds is 4. The summed E-state index contributed by atoms with van der Waals surface area (Å²) in [6, 6.07) is 30.0. The summed E-state index contributed by atoms with van der Waals surface area (Å²) in [6.45, 7) is 2.18. The van der Waals surface area contributed by atoms with Gasteiger partial charge in [-0.1, -0.05) is 91.9 Å². The van der Waals surface area contributed by atoms with Crippen molar-refractivity contribution in [1.29, 1.82) is 0 Å². The molecule has 0 saturated carbocycles. The van der Waals surface area contributed by atoms with Crippen LogP contribution in [0.25, 0.3) is 11.6 Å². The highest BCUT2D eigenvalue weighted by molar-refractivity contribution is 5.91. The van der Waals surface area contributed by atoms with Crippen LogP contribution in [0.3, 0.4) is 0 Å². The maximum atomic E-state index is 2.27. The largest absolute Gasteiger partial charge is 0.0622 e. The first-order chi connectivity index (χ1) is 10.9. The van der Waals surface area contributed by atoms with Crippen molar-refractivity contribution in [2.75, 3.05) is 0 Å². The van der Waals surface area contributed by atoms with Gasteiger partial charge >= 0.3 is 0 Å². The summed E-state index contributed by atoms with van der Waals surface area (Å²) in [5, 5.41) is 0. The molecule has 0 aliphatic heterocycles. The average molecular weight is 284 g/mol. The Morgan fingerprint density at radius 3 is 1.64 bits per heavy atom.